The third-order valence-electron chi connectivity index (χ3n) is 2.53. The van der Waals surface area contributed by atoms with Crippen LogP contribution in [-0.2, 0) is 13.2 Å². The van der Waals surface area contributed by atoms with Gasteiger partial charge in [0.1, 0.15) is 12.4 Å². The lowest BCUT2D eigenvalue weighted by molar-refractivity contribution is 0.303. The third-order valence-corrected chi connectivity index (χ3v) is 3.00. The van der Waals surface area contributed by atoms with E-state index in [0.29, 0.717) is 23.2 Å². The third kappa shape index (κ3) is 4.59. The Morgan fingerprint density at radius 1 is 1.00 bits per heavy atom. The summed E-state index contributed by atoms with van der Waals surface area (Å²) >= 11 is 11.8. The number of hydrogen-bond acceptors (Lipinski definition) is 2. The number of nitrogens with two attached hydrogens (primary N) is 1. The monoisotopic (exact) mass is 317 g/mol. The lowest BCUT2D eigenvalue weighted by Crippen LogP contribution is -2.02. The highest BCUT2D eigenvalue weighted by Crippen LogP contribution is 2.23. The number of benzene rings is 2. The van der Waals surface area contributed by atoms with Gasteiger partial charge in [0.15, 0.2) is 0 Å². The van der Waals surface area contributed by atoms with Crippen molar-refractivity contribution in [3.63, 3.8) is 0 Å². The van der Waals surface area contributed by atoms with Crippen LogP contribution in [0.1, 0.15) is 11.1 Å². The molecule has 0 aliphatic heterocycles. The van der Waals surface area contributed by atoms with Gasteiger partial charge in [-0.25, -0.2) is 0 Å². The largest absolute Gasteiger partial charge is 0.489 e. The zero-order valence-electron chi connectivity index (χ0n) is 10.1. The van der Waals surface area contributed by atoms with Crippen LogP contribution in [0.25, 0.3) is 0 Å². The van der Waals surface area contributed by atoms with E-state index in [1.807, 2.05) is 36.4 Å². The van der Waals surface area contributed by atoms with E-state index < -0.39 is 0 Å². The molecule has 0 amide bonds. The number of halogens is 3. The fourth-order valence-electron chi connectivity index (χ4n) is 1.64. The van der Waals surface area contributed by atoms with Crippen LogP contribution in [0.4, 0.5) is 0 Å². The molecule has 0 aromatic heterocycles. The maximum absolute atomic E-state index is 5.91. The van der Waals surface area contributed by atoms with Crippen molar-refractivity contribution in [1.29, 1.82) is 0 Å². The van der Waals surface area contributed by atoms with E-state index in [1.54, 1.807) is 6.07 Å². The molecule has 0 aliphatic rings. The van der Waals surface area contributed by atoms with Gasteiger partial charge in [0.2, 0.25) is 0 Å². The molecule has 0 radical (unpaired) electrons. The van der Waals surface area contributed by atoms with Gasteiger partial charge in [-0.2, -0.15) is 0 Å². The number of ether oxygens (including phenoxy) is 1. The summed E-state index contributed by atoms with van der Waals surface area (Å²) in [4.78, 5) is 0. The summed E-state index contributed by atoms with van der Waals surface area (Å²) in [6.45, 7) is 0.848. The molecule has 0 saturated heterocycles. The highest BCUT2D eigenvalue weighted by molar-refractivity contribution is 6.30. The Morgan fingerprint density at radius 3 is 2.42 bits per heavy atom. The smallest absolute Gasteiger partial charge is 0.124 e. The van der Waals surface area contributed by atoms with Crippen molar-refractivity contribution in [2.24, 2.45) is 5.73 Å². The summed E-state index contributed by atoms with van der Waals surface area (Å²) in [5.41, 5.74) is 7.56. The maximum atomic E-state index is 5.91. The van der Waals surface area contributed by atoms with E-state index in [0.717, 1.165) is 16.9 Å². The summed E-state index contributed by atoms with van der Waals surface area (Å²) in [7, 11) is 0. The molecule has 2 nitrogen and oxygen atoms in total. The highest BCUT2D eigenvalue weighted by atomic mass is 35.5. The molecule has 0 fully saturated rings. The van der Waals surface area contributed by atoms with Crippen molar-refractivity contribution in [3.8, 4) is 5.75 Å². The van der Waals surface area contributed by atoms with Gasteiger partial charge < -0.3 is 10.5 Å². The van der Waals surface area contributed by atoms with Gasteiger partial charge in [-0.05, 0) is 35.9 Å². The van der Waals surface area contributed by atoms with Crippen LogP contribution in [0.15, 0.2) is 42.5 Å². The summed E-state index contributed by atoms with van der Waals surface area (Å²) in [6, 6.07) is 13.0. The number of rotatable bonds is 4. The lowest BCUT2D eigenvalue weighted by atomic mass is 10.2. The predicted octanol–water partition coefficient (Wildman–Crippen LogP) is 4.45. The van der Waals surface area contributed by atoms with Gasteiger partial charge in [-0.15, -0.1) is 12.4 Å². The molecular formula is C14H14Cl3NO. The topological polar surface area (TPSA) is 35.2 Å². The Hall–Kier alpha value is -0.930. The van der Waals surface area contributed by atoms with Crippen LogP contribution in [-0.4, -0.2) is 0 Å². The molecule has 5 heteroatoms. The van der Waals surface area contributed by atoms with Gasteiger partial charge in [0.05, 0.1) is 0 Å². The molecule has 2 N–H and O–H groups in total. The van der Waals surface area contributed by atoms with Crippen molar-refractivity contribution in [1.82, 2.24) is 0 Å². The second kappa shape index (κ2) is 7.61. The Labute approximate surface area is 128 Å². The molecule has 19 heavy (non-hydrogen) atoms. The Morgan fingerprint density at radius 2 is 1.74 bits per heavy atom. The van der Waals surface area contributed by atoms with Crippen molar-refractivity contribution in [3.05, 3.63) is 63.6 Å². The molecule has 0 saturated carbocycles. The first-order valence-corrected chi connectivity index (χ1v) is 6.30. The predicted molar refractivity (Wildman–Crippen MR) is 82.4 cm³/mol. The van der Waals surface area contributed by atoms with Crippen LogP contribution < -0.4 is 10.5 Å². The van der Waals surface area contributed by atoms with E-state index in [1.165, 1.54) is 0 Å². The standard InChI is InChI=1S/C14H13Cl2NO.ClH/c15-12-3-1-2-10(6-12)9-18-14-5-4-13(16)7-11(14)8-17;/h1-7H,8-9,17H2;1H. The highest BCUT2D eigenvalue weighted by Gasteiger charge is 2.04. The molecule has 2 rings (SSSR count). The normalized spacial score (nSPS) is 9.84. The maximum Gasteiger partial charge on any atom is 0.124 e. The summed E-state index contributed by atoms with van der Waals surface area (Å²) < 4.78 is 5.73. The fourth-order valence-corrected chi connectivity index (χ4v) is 2.04. The van der Waals surface area contributed by atoms with Crippen LogP contribution >= 0.6 is 35.6 Å². The average Bonchev–Trinajstić information content (AvgIpc) is 2.37. The molecule has 0 bridgehead atoms. The molecule has 2 aromatic carbocycles. The second-order valence-electron chi connectivity index (χ2n) is 3.87. The van der Waals surface area contributed by atoms with Crippen LogP contribution in [0.2, 0.25) is 10.0 Å². The van der Waals surface area contributed by atoms with Crippen LogP contribution in [0.3, 0.4) is 0 Å². The van der Waals surface area contributed by atoms with Crippen molar-refractivity contribution < 1.29 is 4.74 Å². The van der Waals surface area contributed by atoms with Crippen molar-refractivity contribution in [2.75, 3.05) is 0 Å². The minimum absolute atomic E-state index is 0. The van der Waals surface area contributed by atoms with E-state index in [-0.39, 0.29) is 12.4 Å². The lowest BCUT2D eigenvalue weighted by Gasteiger charge is -2.11. The molecule has 0 unspecified atom stereocenters. The SMILES string of the molecule is Cl.NCc1cc(Cl)ccc1OCc1cccc(Cl)c1. The first kappa shape index (κ1) is 16.1. The molecule has 0 heterocycles. The van der Waals surface area contributed by atoms with Crippen LogP contribution in [0.5, 0.6) is 5.75 Å². The van der Waals surface area contributed by atoms with Crippen molar-refractivity contribution in [2.45, 2.75) is 13.2 Å². The minimum Gasteiger partial charge on any atom is -0.489 e. The minimum atomic E-state index is 0. The van der Waals surface area contributed by atoms with Gasteiger partial charge >= 0.3 is 0 Å². The Balaban J connectivity index is 0.00000180. The van der Waals surface area contributed by atoms with Gasteiger partial charge in [-0.1, -0.05) is 35.3 Å². The molecular weight excluding hydrogens is 305 g/mol. The number of hydrogen-bond donors (Lipinski definition) is 1. The van der Waals surface area contributed by atoms with E-state index >= 15 is 0 Å². The van der Waals surface area contributed by atoms with Crippen molar-refractivity contribution >= 4 is 35.6 Å². The first-order valence-electron chi connectivity index (χ1n) is 5.55. The Kier molecular flexibility index (Phi) is 6.46. The van der Waals surface area contributed by atoms with Gasteiger partial charge in [-0.3, -0.25) is 0 Å². The fraction of sp³-hybridized carbons (Fsp3) is 0.143. The first-order chi connectivity index (χ1) is 8.69. The molecule has 102 valence electrons. The van der Waals surface area contributed by atoms with Gasteiger partial charge in [0.25, 0.3) is 0 Å². The van der Waals surface area contributed by atoms with Crippen LogP contribution in [0, 0.1) is 0 Å². The molecule has 2 aromatic rings. The second-order valence-corrected chi connectivity index (χ2v) is 4.75. The van der Waals surface area contributed by atoms with E-state index in [2.05, 4.69) is 0 Å². The molecule has 0 aliphatic carbocycles. The average molecular weight is 319 g/mol. The summed E-state index contributed by atoms with van der Waals surface area (Å²) in [5, 5.41) is 1.36. The quantitative estimate of drug-likeness (QED) is 0.903. The Bertz CT molecular complexity index is 546. The summed E-state index contributed by atoms with van der Waals surface area (Å²) in [5.74, 6) is 0.752. The zero-order valence-corrected chi connectivity index (χ0v) is 12.4. The zero-order chi connectivity index (χ0) is 13.0. The molecule has 0 atom stereocenters. The van der Waals surface area contributed by atoms with E-state index in [4.69, 9.17) is 33.7 Å². The summed E-state index contributed by atoms with van der Waals surface area (Å²) in [6.07, 6.45) is 0. The molecule has 0 spiro atoms. The van der Waals surface area contributed by atoms with E-state index in [9.17, 15) is 0 Å². The van der Waals surface area contributed by atoms with Gasteiger partial charge in [0, 0.05) is 22.2 Å².